The first kappa shape index (κ1) is 11.8. The minimum Gasteiger partial charge on any atom is -0.392 e. The van der Waals surface area contributed by atoms with Gasteiger partial charge in [-0.3, -0.25) is 0 Å². The number of aliphatic hydroxyl groups excluding tert-OH is 1. The third kappa shape index (κ3) is 1.63. The number of fused-ring (bicyclic) bond motifs is 2. The number of rotatable bonds is 1. The van der Waals surface area contributed by atoms with Gasteiger partial charge in [-0.1, -0.05) is 29.4 Å². The fraction of sp³-hybridized carbons (Fsp3) is 0.333. The van der Waals surface area contributed by atoms with Crippen molar-refractivity contribution in [3.8, 4) is 0 Å². The Hall–Kier alpha value is -1.98. The molecule has 1 aliphatic heterocycles. The fourth-order valence-electron chi connectivity index (χ4n) is 3.13. The molecular formula is C15H15N3O2. The Morgan fingerprint density at radius 3 is 2.95 bits per heavy atom. The van der Waals surface area contributed by atoms with Crippen LogP contribution in [-0.4, -0.2) is 34.1 Å². The number of aromatic nitrogens is 1. The Labute approximate surface area is 116 Å². The number of nitrogens with zero attached hydrogens (tertiary/aromatic N) is 2. The Kier molecular flexibility index (Phi) is 2.52. The summed E-state index contributed by atoms with van der Waals surface area (Å²) < 4.78 is 0. The predicted octanol–water partition coefficient (Wildman–Crippen LogP) is 1.05. The zero-order chi connectivity index (χ0) is 13.7. The molecule has 5 heteroatoms. The number of benzene rings is 1. The Morgan fingerprint density at radius 1 is 1.20 bits per heavy atom. The molecule has 4 rings (SSSR count). The molecule has 0 amide bonds. The zero-order valence-electron chi connectivity index (χ0n) is 10.8. The van der Waals surface area contributed by atoms with Gasteiger partial charge in [-0.05, 0) is 18.6 Å². The summed E-state index contributed by atoms with van der Waals surface area (Å²) in [6, 6.07) is 11.7. The normalized spacial score (nSPS) is 32.0. The van der Waals surface area contributed by atoms with Gasteiger partial charge in [0.1, 0.15) is 5.71 Å². The molecule has 4 atom stereocenters. The number of para-hydroxylation sites is 1. The average Bonchev–Trinajstić information content (AvgIpc) is 3.01. The van der Waals surface area contributed by atoms with E-state index in [4.69, 9.17) is 10.6 Å². The van der Waals surface area contributed by atoms with Gasteiger partial charge in [0.25, 0.3) is 0 Å². The molecule has 1 aliphatic carbocycles. The van der Waals surface area contributed by atoms with Crippen molar-refractivity contribution in [3.63, 3.8) is 0 Å². The Morgan fingerprint density at radius 2 is 2.05 bits per heavy atom. The van der Waals surface area contributed by atoms with E-state index in [0.29, 0.717) is 12.1 Å². The van der Waals surface area contributed by atoms with Crippen LogP contribution >= 0.6 is 0 Å². The average molecular weight is 269 g/mol. The third-order valence-corrected chi connectivity index (χ3v) is 4.15. The van der Waals surface area contributed by atoms with Crippen molar-refractivity contribution >= 4 is 16.6 Å². The number of aliphatic hydroxyl groups is 1. The maximum absolute atomic E-state index is 10.1. The van der Waals surface area contributed by atoms with Crippen LogP contribution in [0, 0.1) is 5.92 Å². The summed E-state index contributed by atoms with van der Waals surface area (Å²) in [4.78, 5) is 10.0. The lowest BCUT2D eigenvalue weighted by atomic mass is 9.95. The second-order valence-electron chi connectivity index (χ2n) is 5.43. The van der Waals surface area contributed by atoms with E-state index in [-0.39, 0.29) is 18.1 Å². The minimum atomic E-state index is -0.510. The second kappa shape index (κ2) is 4.26. The molecule has 5 nitrogen and oxygen atoms in total. The van der Waals surface area contributed by atoms with Gasteiger partial charge in [0, 0.05) is 11.4 Å². The topological polar surface area (TPSA) is 80.7 Å². The van der Waals surface area contributed by atoms with Gasteiger partial charge in [-0.25, -0.2) is 4.98 Å². The lowest BCUT2D eigenvalue weighted by Crippen LogP contribution is -2.34. The van der Waals surface area contributed by atoms with E-state index in [9.17, 15) is 5.11 Å². The van der Waals surface area contributed by atoms with Crippen molar-refractivity contribution < 1.29 is 9.94 Å². The number of hydrogen-bond donors (Lipinski definition) is 2. The molecule has 0 bridgehead atoms. The highest BCUT2D eigenvalue weighted by atomic mass is 16.6. The molecule has 2 aromatic rings. The first-order chi connectivity index (χ1) is 9.74. The van der Waals surface area contributed by atoms with E-state index >= 15 is 0 Å². The Bertz CT molecular complexity index is 700. The van der Waals surface area contributed by atoms with Gasteiger partial charge < -0.3 is 15.7 Å². The summed E-state index contributed by atoms with van der Waals surface area (Å²) in [5.41, 5.74) is 8.34. The number of nitrogens with two attached hydrogens (primary N) is 1. The lowest BCUT2D eigenvalue weighted by molar-refractivity contribution is 0.0508. The molecule has 0 radical (unpaired) electrons. The molecule has 0 saturated heterocycles. The fourth-order valence-corrected chi connectivity index (χ4v) is 3.13. The molecule has 1 aromatic heterocycles. The molecule has 20 heavy (non-hydrogen) atoms. The van der Waals surface area contributed by atoms with E-state index < -0.39 is 6.10 Å². The van der Waals surface area contributed by atoms with E-state index in [1.165, 1.54) is 0 Å². The molecule has 3 N–H and O–H groups in total. The molecule has 4 unspecified atom stereocenters. The first-order valence-electron chi connectivity index (χ1n) is 6.77. The van der Waals surface area contributed by atoms with Crippen molar-refractivity contribution in [2.75, 3.05) is 0 Å². The minimum absolute atomic E-state index is 0.168. The van der Waals surface area contributed by atoms with Gasteiger partial charge in [0.15, 0.2) is 6.10 Å². The number of pyridine rings is 1. The SMILES string of the molecule is NC1CC(O)C2C(c3ccc4ccccc4n3)=NOC12. The second-order valence-corrected chi connectivity index (χ2v) is 5.43. The molecule has 1 aromatic carbocycles. The lowest BCUT2D eigenvalue weighted by Gasteiger charge is -2.13. The van der Waals surface area contributed by atoms with Gasteiger partial charge in [-0.2, -0.15) is 0 Å². The van der Waals surface area contributed by atoms with Crippen LogP contribution in [0.2, 0.25) is 0 Å². The standard InChI is InChI=1S/C15H15N3O2/c16-9-7-12(19)13-14(18-20-15(9)13)11-6-5-8-3-1-2-4-10(8)17-11/h1-6,9,12-13,15,19H,7,16H2. The highest BCUT2D eigenvalue weighted by Gasteiger charge is 2.49. The summed E-state index contributed by atoms with van der Waals surface area (Å²) in [6.45, 7) is 0. The van der Waals surface area contributed by atoms with Crippen LogP contribution in [0.15, 0.2) is 41.6 Å². The predicted molar refractivity (Wildman–Crippen MR) is 75.2 cm³/mol. The van der Waals surface area contributed by atoms with Crippen molar-refractivity contribution in [1.82, 2.24) is 4.98 Å². The van der Waals surface area contributed by atoms with Crippen molar-refractivity contribution in [2.24, 2.45) is 16.8 Å². The van der Waals surface area contributed by atoms with Gasteiger partial charge in [0.2, 0.25) is 0 Å². The highest BCUT2D eigenvalue weighted by Crippen LogP contribution is 2.35. The molecule has 0 spiro atoms. The Balaban J connectivity index is 1.76. The highest BCUT2D eigenvalue weighted by molar-refractivity contribution is 6.03. The van der Waals surface area contributed by atoms with Gasteiger partial charge in [-0.15, -0.1) is 0 Å². The van der Waals surface area contributed by atoms with Crippen LogP contribution in [0.4, 0.5) is 0 Å². The molecule has 1 fully saturated rings. The van der Waals surface area contributed by atoms with Gasteiger partial charge >= 0.3 is 0 Å². The summed E-state index contributed by atoms with van der Waals surface area (Å²) in [6.07, 6.45) is -0.195. The number of oxime groups is 1. The van der Waals surface area contributed by atoms with Crippen LogP contribution in [-0.2, 0) is 4.84 Å². The van der Waals surface area contributed by atoms with Crippen LogP contribution in [0.5, 0.6) is 0 Å². The zero-order valence-corrected chi connectivity index (χ0v) is 10.8. The molecule has 1 saturated carbocycles. The van der Waals surface area contributed by atoms with E-state index in [1.54, 1.807) is 0 Å². The maximum atomic E-state index is 10.1. The monoisotopic (exact) mass is 269 g/mol. The van der Waals surface area contributed by atoms with Crippen LogP contribution in [0.1, 0.15) is 12.1 Å². The summed E-state index contributed by atoms with van der Waals surface area (Å²) in [5.74, 6) is -0.168. The first-order valence-corrected chi connectivity index (χ1v) is 6.77. The molecule has 2 heterocycles. The van der Waals surface area contributed by atoms with Crippen LogP contribution in [0.3, 0.4) is 0 Å². The quantitative estimate of drug-likeness (QED) is 0.810. The third-order valence-electron chi connectivity index (χ3n) is 4.15. The van der Waals surface area contributed by atoms with E-state index in [0.717, 1.165) is 16.6 Å². The van der Waals surface area contributed by atoms with Crippen molar-refractivity contribution in [3.05, 3.63) is 42.1 Å². The van der Waals surface area contributed by atoms with Crippen LogP contribution < -0.4 is 5.73 Å². The van der Waals surface area contributed by atoms with Crippen molar-refractivity contribution in [2.45, 2.75) is 24.7 Å². The summed E-state index contributed by atoms with van der Waals surface area (Å²) in [7, 11) is 0. The van der Waals surface area contributed by atoms with E-state index in [2.05, 4.69) is 10.1 Å². The summed E-state index contributed by atoms with van der Waals surface area (Å²) >= 11 is 0. The summed E-state index contributed by atoms with van der Waals surface area (Å²) in [5, 5.41) is 15.3. The van der Waals surface area contributed by atoms with Crippen LogP contribution in [0.25, 0.3) is 10.9 Å². The van der Waals surface area contributed by atoms with Crippen molar-refractivity contribution in [1.29, 1.82) is 0 Å². The van der Waals surface area contributed by atoms with Gasteiger partial charge in [0.05, 0.1) is 23.2 Å². The van der Waals surface area contributed by atoms with E-state index in [1.807, 2.05) is 36.4 Å². The number of hydrogen-bond acceptors (Lipinski definition) is 5. The largest absolute Gasteiger partial charge is 0.392 e. The maximum Gasteiger partial charge on any atom is 0.153 e. The molecule has 102 valence electrons. The molecular weight excluding hydrogens is 254 g/mol. The smallest absolute Gasteiger partial charge is 0.153 e. The molecule has 2 aliphatic rings.